The number of amides is 1. The second kappa shape index (κ2) is 5.52. The zero-order valence-electron chi connectivity index (χ0n) is 10.7. The number of hydrogen-bond donors (Lipinski definition) is 3. The maximum atomic E-state index is 11.3. The van der Waals surface area contributed by atoms with Gasteiger partial charge in [-0.05, 0) is 13.3 Å². The molecule has 1 atom stereocenters. The SMILES string of the molecule is CCC(CNc1c(C(N)=O)c(C)nn1C)C(=O)O. The molecule has 0 spiro atoms. The molecule has 7 nitrogen and oxygen atoms in total. The van der Waals surface area contributed by atoms with Crippen molar-refractivity contribution >= 4 is 17.7 Å². The van der Waals surface area contributed by atoms with Crippen molar-refractivity contribution in [2.45, 2.75) is 20.3 Å². The van der Waals surface area contributed by atoms with Gasteiger partial charge in [0.1, 0.15) is 11.4 Å². The predicted molar refractivity (Wildman–Crippen MR) is 66.4 cm³/mol. The Morgan fingerprint density at radius 3 is 2.61 bits per heavy atom. The van der Waals surface area contributed by atoms with Crippen molar-refractivity contribution in [1.29, 1.82) is 0 Å². The Kier molecular flexibility index (Phi) is 4.30. The summed E-state index contributed by atoms with van der Waals surface area (Å²) >= 11 is 0. The highest BCUT2D eigenvalue weighted by atomic mass is 16.4. The number of primary amides is 1. The third-order valence-electron chi connectivity index (χ3n) is 2.83. The van der Waals surface area contributed by atoms with Crippen molar-refractivity contribution < 1.29 is 14.7 Å². The van der Waals surface area contributed by atoms with Crippen LogP contribution in [0.25, 0.3) is 0 Å². The zero-order chi connectivity index (χ0) is 13.9. The van der Waals surface area contributed by atoms with E-state index in [1.54, 1.807) is 20.9 Å². The Balaban J connectivity index is 2.91. The van der Waals surface area contributed by atoms with Crippen molar-refractivity contribution in [2.24, 2.45) is 18.7 Å². The number of aliphatic carboxylic acids is 1. The lowest BCUT2D eigenvalue weighted by Gasteiger charge is -2.13. The minimum absolute atomic E-state index is 0.227. The van der Waals surface area contributed by atoms with Gasteiger partial charge in [-0.1, -0.05) is 6.92 Å². The van der Waals surface area contributed by atoms with E-state index in [1.807, 2.05) is 0 Å². The fourth-order valence-electron chi connectivity index (χ4n) is 1.78. The highest BCUT2D eigenvalue weighted by molar-refractivity contribution is 5.98. The van der Waals surface area contributed by atoms with Gasteiger partial charge in [0.15, 0.2) is 0 Å². The van der Waals surface area contributed by atoms with Gasteiger partial charge in [0.2, 0.25) is 0 Å². The molecule has 0 aliphatic carbocycles. The third-order valence-corrected chi connectivity index (χ3v) is 2.83. The largest absolute Gasteiger partial charge is 0.481 e. The van der Waals surface area contributed by atoms with E-state index >= 15 is 0 Å². The van der Waals surface area contributed by atoms with Crippen LogP contribution < -0.4 is 11.1 Å². The summed E-state index contributed by atoms with van der Waals surface area (Å²) in [5.41, 5.74) is 6.11. The maximum Gasteiger partial charge on any atom is 0.308 e. The van der Waals surface area contributed by atoms with Crippen LogP contribution in [0, 0.1) is 12.8 Å². The van der Waals surface area contributed by atoms with Gasteiger partial charge < -0.3 is 16.2 Å². The van der Waals surface area contributed by atoms with Crippen LogP contribution in [0.1, 0.15) is 29.4 Å². The van der Waals surface area contributed by atoms with Crippen LogP contribution in [0.3, 0.4) is 0 Å². The van der Waals surface area contributed by atoms with Gasteiger partial charge in [0.25, 0.3) is 5.91 Å². The molecule has 0 fully saturated rings. The zero-order valence-corrected chi connectivity index (χ0v) is 10.7. The Morgan fingerprint density at radius 1 is 1.56 bits per heavy atom. The molecule has 100 valence electrons. The average Bonchev–Trinajstić information content (AvgIpc) is 2.54. The second-order valence-corrected chi connectivity index (χ2v) is 4.12. The van der Waals surface area contributed by atoms with Crippen molar-refractivity contribution in [1.82, 2.24) is 9.78 Å². The van der Waals surface area contributed by atoms with Crippen LogP contribution >= 0.6 is 0 Å². The number of carboxylic acid groups (broad SMARTS) is 1. The molecule has 0 radical (unpaired) electrons. The van der Waals surface area contributed by atoms with Gasteiger partial charge in [-0.25, -0.2) is 0 Å². The molecule has 1 rings (SSSR count). The van der Waals surface area contributed by atoms with E-state index < -0.39 is 17.8 Å². The molecule has 1 aromatic heterocycles. The summed E-state index contributed by atoms with van der Waals surface area (Å²) in [7, 11) is 1.67. The maximum absolute atomic E-state index is 11.3. The standard InChI is InChI=1S/C11H18N4O3/c1-4-7(11(17)18)5-13-10-8(9(12)16)6(2)14-15(10)3/h7,13H,4-5H2,1-3H3,(H2,12,16)(H,17,18). The summed E-state index contributed by atoms with van der Waals surface area (Å²) in [5, 5.41) is 16.0. The van der Waals surface area contributed by atoms with Gasteiger partial charge in [0.05, 0.1) is 11.6 Å². The fourth-order valence-corrected chi connectivity index (χ4v) is 1.78. The molecule has 1 heterocycles. The first-order valence-corrected chi connectivity index (χ1v) is 5.68. The van der Waals surface area contributed by atoms with Crippen molar-refractivity contribution in [3.05, 3.63) is 11.3 Å². The summed E-state index contributed by atoms with van der Waals surface area (Å²) in [6.07, 6.45) is 0.505. The van der Waals surface area contributed by atoms with E-state index in [2.05, 4.69) is 10.4 Å². The summed E-state index contributed by atoms with van der Waals surface area (Å²) in [4.78, 5) is 22.2. The topological polar surface area (TPSA) is 110 Å². The number of hydrogen-bond acceptors (Lipinski definition) is 4. The number of carbonyl (C=O) groups excluding carboxylic acids is 1. The number of nitrogens with one attached hydrogen (secondary N) is 1. The van der Waals surface area contributed by atoms with Gasteiger partial charge in [-0.3, -0.25) is 14.3 Å². The summed E-state index contributed by atoms with van der Waals surface area (Å²) in [5.74, 6) is -1.50. The van der Waals surface area contributed by atoms with E-state index in [1.165, 1.54) is 4.68 Å². The molecule has 1 aromatic rings. The minimum atomic E-state index is -0.871. The highest BCUT2D eigenvalue weighted by Crippen LogP contribution is 2.18. The van der Waals surface area contributed by atoms with Crippen molar-refractivity contribution in [2.75, 3.05) is 11.9 Å². The van der Waals surface area contributed by atoms with Gasteiger partial charge in [-0.2, -0.15) is 5.10 Å². The Hall–Kier alpha value is -2.05. The van der Waals surface area contributed by atoms with E-state index in [0.29, 0.717) is 23.5 Å². The molecule has 0 aliphatic heterocycles. The van der Waals surface area contributed by atoms with Gasteiger partial charge in [-0.15, -0.1) is 0 Å². The lowest BCUT2D eigenvalue weighted by Crippen LogP contribution is -2.24. The van der Waals surface area contributed by atoms with E-state index in [-0.39, 0.29) is 6.54 Å². The van der Waals surface area contributed by atoms with Crippen LogP contribution in [0.4, 0.5) is 5.82 Å². The molecule has 18 heavy (non-hydrogen) atoms. The molecule has 0 saturated heterocycles. The summed E-state index contributed by atoms with van der Waals surface area (Å²) in [6, 6.07) is 0. The average molecular weight is 254 g/mol. The second-order valence-electron chi connectivity index (χ2n) is 4.12. The molecule has 0 aliphatic rings. The molecule has 1 unspecified atom stereocenters. The Bertz CT molecular complexity index is 467. The molecule has 7 heteroatoms. The number of anilines is 1. The van der Waals surface area contributed by atoms with Crippen molar-refractivity contribution in [3.63, 3.8) is 0 Å². The minimum Gasteiger partial charge on any atom is -0.481 e. The molecular formula is C11H18N4O3. The third kappa shape index (κ3) is 2.79. The number of nitrogens with zero attached hydrogens (tertiary/aromatic N) is 2. The lowest BCUT2D eigenvalue weighted by molar-refractivity contribution is -0.141. The van der Waals surface area contributed by atoms with Gasteiger partial charge >= 0.3 is 5.97 Å². The van der Waals surface area contributed by atoms with Gasteiger partial charge in [0, 0.05) is 13.6 Å². The van der Waals surface area contributed by atoms with E-state index in [4.69, 9.17) is 10.8 Å². The van der Waals surface area contributed by atoms with Crippen LogP contribution in [0.15, 0.2) is 0 Å². The number of aryl methyl sites for hydroxylation is 2. The first kappa shape index (κ1) is 14.0. The molecule has 0 bridgehead atoms. The first-order chi connectivity index (χ1) is 8.38. The van der Waals surface area contributed by atoms with Crippen molar-refractivity contribution in [3.8, 4) is 0 Å². The number of rotatable bonds is 6. The Labute approximate surface area is 105 Å². The molecular weight excluding hydrogens is 236 g/mol. The van der Waals surface area contributed by atoms with Crippen LogP contribution in [0.2, 0.25) is 0 Å². The predicted octanol–water partition coefficient (Wildman–Crippen LogP) is 0.350. The molecule has 0 aromatic carbocycles. The van der Waals surface area contributed by atoms with E-state index in [9.17, 15) is 9.59 Å². The smallest absolute Gasteiger partial charge is 0.308 e. The Morgan fingerprint density at radius 2 is 2.17 bits per heavy atom. The molecule has 0 saturated carbocycles. The quantitative estimate of drug-likeness (QED) is 0.678. The number of nitrogens with two attached hydrogens (primary N) is 1. The fraction of sp³-hybridized carbons (Fsp3) is 0.545. The van der Waals surface area contributed by atoms with Crippen LogP contribution in [-0.2, 0) is 11.8 Å². The first-order valence-electron chi connectivity index (χ1n) is 5.68. The normalized spacial score (nSPS) is 12.2. The summed E-state index contributed by atoms with van der Waals surface area (Å²) < 4.78 is 1.49. The monoisotopic (exact) mass is 254 g/mol. The van der Waals surface area contributed by atoms with Crippen LogP contribution in [0.5, 0.6) is 0 Å². The highest BCUT2D eigenvalue weighted by Gasteiger charge is 2.20. The number of carbonyl (C=O) groups is 2. The lowest BCUT2D eigenvalue weighted by atomic mass is 10.1. The number of carboxylic acids is 1. The number of aromatic nitrogens is 2. The van der Waals surface area contributed by atoms with Crippen LogP contribution in [-0.4, -0.2) is 33.3 Å². The molecule has 1 amide bonds. The summed E-state index contributed by atoms with van der Waals surface area (Å²) in [6.45, 7) is 3.70. The molecule has 4 N–H and O–H groups in total. The van der Waals surface area contributed by atoms with E-state index in [0.717, 1.165) is 0 Å².